The van der Waals surface area contributed by atoms with Crippen LogP contribution in [0, 0.1) is 0 Å². The Labute approximate surface area is 74.8 Å². The van der Waals surface area contributed by atoms with Crippen LogP contribution in [0.1, 0.15) is 19.8 Å². The van der Waals surface area contributed by atoms with E-state index in [1.54, 1.807) is 4.18 Å². The van der Waals surface area contributed by atoms with Gasteiger partial charge in [-0.3, -0.25) is 0 Å². The SMILES string of the molecule is CCC[CH2][Hf][CH]1C=CC=C1. The molecule has 0 aromatic rings. The van der Waals surface area contributed by atoms with Crippen LogP contribution in [0.5, 0.6) is 0 Å². The van der Waals surface area contributed by atoms with Gasteiger partial charge in [-0.25, -0.2) is 0 Å². The summed E-state index contributed by atoms with van der Waals surface area (Å²) in [6, 6.07) is 0. The number of hydrogen-bond donors (Lipinski definition) is 0. The van der Waals surface area contributed by atoms with Gasteiger partial charge in [-0.15, -0.1) is 0 Å². The summed E-state index contributed by atoms with van der Waals surface area (Å²) in [5.74, 6) is 0. The molecule has 0 amide bonds. The zero-order valence-corrected chi connectivity index (χ0v) is 10.1. The summed E-state index contributed by atoms with van der Waals surface area (Å²) in [4.78, 5) is 0. The Bertz CT molecular complexity index is 124. The molecule has 0 radical (unpaired) electrons. The minimum absolute atomic E-state index is 0.255. The fourth-order valence-electron chi connectivity index (χ4n) is 1.01. The van der Waals surface area contributed by atoms with Crippen LogP contribution in [0.3, 0.4) is 0 Å². The fraction of sp³-hybridized carbons (Fsp3) is 0.556. The summed E-state index contributed by atoms with van der Waals surface area (Å²) in [7, 11) is 0. The standard InChI is InChI=1S/C5H5.C4H9.Hf/c1-2-4-5-3-1;1-3-4-2;/h1-5H;1,3-4H2,2H3;. The summed E-state index contributed by atoms with van der Waals surface area (Å²) < 4.78 is 2.53. The van der Waals surface area contributed by atoms with Crippen molar-refractivity contribution in [2.75, 3.05) is 0 Å². The summed E-state index contributed by atoms with van der Waals surface area (Å²) in [6.07, 6.45) is 12.0. The Balaban J connectivity index is 2.03. The molecule has 0 spiro atoms. The van der Waals surface area contributed by atoms with Crippen LogP contribution in [0.2, 0.25) is 7.85 Å². The van der Waals surface area contributed by atoms with E-state index in [2.05, 4.69) is 31.2 Å². The van der Waals surface area contributed by atoms with Crippen molar-refractivity contribution in [1.82, 2.24) is 0 Å². The Hall–Kier alpha value is 0.350. The zero-order valence-electron chi connectivity index (χ0n) is 6.51. The second-order valence-corrected chi connectivity index (χ2v) is 8.26. The Morgan fingerprint density at radius 3 is 2.60 bits per heavy atom. The van der Waals surface area contributed by atoms with Gasteiger partial charge < -0.3 is 0 Å². The quantitative estimate of drug-likeness (QED) is 0.552. The molecule has 1 aliphatic carbocycles. The molecule has 0 aliphatic heterocycles. The van der Waals surface area contributed by atoms with Gasteiger partial charge in [0.1, 0.15) is 0 Å². The van der Waals surface area contributed by atoms with Gasteiger partial charge >= 0.3 is 74.8 Å². The van der Waals surface area contributed by atoms with Gasteiger partial charge in [0.05, 0.1) is 0 Å². The van der Waals surface area contributed by atoms with E-state index in [0.717, 1.165) is 3.67 Å². The first-order chi connectivity index (χ1) is 4.93. The van der Waals surface area contributed by atoms with E-state index in [4.69, 9.17) is 0 Å². The zero-order chi connectivity index (χ0) is 7.23. The van der Waals surface area contributed by atoms with Crippen LogP contribution in [-0.4, -0.2) is 0 Å². The topological polar surface area (TPSA) is 0 Å². The number of rotatable bonds is 4. The Morgan fingerprint density at radius 2 is 2.00 bits per heavy atom. The average molecular weight is 301 g/mol. The monoisotopic (exact) mass is 302 g/mol. The summed E-state index contributed by atoms with van der Waals surface area (Å²) in [5.41, 5.74) is 0. The van der Waals surface area contributed by atoms with Crippen molar-refractivity contribution < 1.29 is 22.9 Å². The molecule has 0 aromatic carbocycles. The van der Waals surface area contributed by atoms with Crippen LogP contribution in [0.25, 0.3) is 0 Å². The second-order valence-electron chi connectivity index (χ2n) is 2.60. The van der Waals surface area contributed by atoms with Gasteiger partial charge in [0.25, 0.3) is 0 Å². The van der Waals surface area contributed by atoms with Crippen LogP contribution in [-0.2, 0) is 22.9 Å². The second kappa shape index (κ2) is 5.06. The number of unbranched alkanes of at least 4 members (excludes halogenated alkanes) is 1. The van der Waals surface area contributed by atoms with E-state index in [1.807, 2.05) is 0 Å². The molecule has 1 rings (SSSR count). The van der Waals surface area contributed by atoms with Crippen LogP contribution in [0.15, 0.2) is 24.3 Å². The normalized spacial score (nSPS) is 16.5. The van der Waals surface area contributed by atoms with Crippen LogP contribution in [0.4, 0.5) is 0 Å². The summed E-state index contributed by atoms with van der Waals surface area (Å²) in [6.45, 7) is 2.28. The molecule has 10 heavy (non-hydrogen) atoms. The maximum atomic E-state index is 2.37. The molecule has 0 nitrogen and oxygen atoms in total. The molecule has 1 heteroatoms. The van der Waals surface area contributed by atoms with Crippen molar-refractivity contribution in [3.8, 4) is 0 Å². The van der Waals surface area contributed by atoms with Crippen molar-refractivity contribution in [1.29, 1.82) is 0 Å². The van der Waals surface area contributed by atoms with Crippen molar-refractivity contribution in [3.63, 3.8) is 0 Å². The third-order valence-corrected chi connectivity index (χ3v) is 7.04. The van der Waals surface area contributed by atoms with Crippen molar-refractivity contribution >= 4 is 0 Å². The molecular formula is C9H14Hf. The Kier molecular flexibility index (Phi) is 4.27. The molecule has 1 aliphatic rings. The first kappa shape index (κ1) is 8.45. The van der Waals surface area contributed by atoms with E-state index in [0.29, 0.717) is 0 Å². The van der Waals surface area contributed by atoms with Crippen molar-refractivity contribution in [2.45, 2.75) is 27.6 Å². The molecule has 0 heterocycles. The molecular weight excluding hydrogens is 287 g/mol. The Morgan fingerprint density at radius 1 is 1.30 bits per heavy atom. The van der Waals surface area contributed by atoms with Gasteiger partial charge in [0.2, 0.25) is 0 Å². The van der Waals surface area contributed by atoms with E-state index in [9.17, 15) is 0 Å². The van der Waals surface area contributed by atoms with E-state index in [-0.39, 0.29) is 22.9 Å². The van der Waals surface area contributed by atoms with Crippen molar-refractivity contribution in [3.05, 3.63) is 24.3 Å². The minimum atomic E-state index is -0.255. The first-order valence-corrected chi connectivity index (χ1v) is 8.63. The fourth-order valence-corrected chi connectivity index (χ4v) is 5.99. The molecule has 54 valence electrons. The molecule has 0 fully saturated rings. The van der Waals surface area contributed by atoms with Crippen LogP contribution < -0.4 is 0 Å². The van der Waals surface area contributed by atoms with Gasteiger partial charge in [-0.1, -0.05) is 0 Å². The predicted molar refractivity (Wildman–Crippen MR) is 41.7 cm³/mol. The molecule has 0 bridgehead atoms. The molecule has 0 aromatic heterocycles. The van der Waals surface area contributed by atoms with Gasteiger partial charge in [-0.05, 0) is 0 Å². The maximum absolute atomic E-state index is 2.37. The molecule has 0 saturated carbocycles. The molecule has 0 saturated heterocycles. The molecule has 0 N–H and O–H groups in total. The number of hydrogen-bond acceptors (Lipinski definition) is 0. The predicted octanol–water partition coefficient (Wildman–Crippen LogP) is 3.20. The van der Waals surface area contributed by atoms with Gasteiger partial charge in [0.15, 0.2) is 0 Å². The van der Waals surface area contributed by atoms with Crippen molar-refractivity contribution in [2.24, 2.45) is 0 Å². The van der Waals surface area contributed by atoms with E-state index >= 15 is 0 Å². The third kappa shape index (κ3) is 2.96. The van der Waals surface area contributed by atoms with E-state index in [1.165, 1.54) is 12.8 Å². The first-order valence-electron chi connectivity index (χ1n) is 4.02. The molecule has 0 atom stereocenters. The van der Waals surface area contributed by atoms with Crippen LogP contribution >= 0.6 is 0 Å². The molecule has 0 unspecified atom stereocenters. The van der Waals surface area contributed by atoms with Gasteiger partial charge in [-0.2, -0.15) is 0 Å². The summed E-state index contributed by atoms with van der Waals surface area (Å²) >= 11 is -0.255. The van der Waals surface area contributed by atoms with E-state index < -0.39 is 0 Å². The average Bonchev–Trinajstić information content (AvgIpc) is 2.41. The summed E-state index contributed by atoms with van der Waals surface area (Å²) in [5, 5.41) is 0. The third-order valence-electron chi connectivity index (χ3n) is 1.66. The van der Waals surface area contributed by atoms with Gasteiger partial charge in [0, 0.05) is 0 Å². The number of allylic oxidation sites excluding steroid dienone is 4.